The quantitative estimate of drug-likeness (QED) is 0.757. The molecule has 2 saturated heterocycles. The van der Waals surface area contributed by atoms with Crippen molar-refractivity contribution < 1.29 is 18.0 Å². The Hall–Kier alpha value is -1.15. The highest BCUT2D eigenvalue weighted by molar-refractivity contribution is 7.91. The highest BCUT2D eigenvalue weighted by atomic mass is 32.2. The highest BCUT2D eigenvalue weighted by Crippen LogP contribution is 2.38. The van der Waals surface area contributed by atoms with Crippen LogP contribution >= 0.6 is 0 Å². The zero-order chi connectivity index (χ0) is 17.5. The van der Waals surface area contributed by atoms with Crippen molar-refractivity contribution in [3.63, 3.8) is 0 Å². The first kappa shape index (κ1) is 17.7. The highest BCUT2D eigenvalue weighted by Gasteiger charge is 2.55. The normalized spacial score (nSPS) is 35.9. The minimum Gasteiger partial charge on any atom is -0.323 e. The number of hydrogen-bond donors (Lipinski definition) is 1. The minimum absolute atomic E-state index is 0.110. The van der Waals surface area contributed by atoms with E-state index in [1.54, 1.807) is 0 Å². The van der Waals surface area contributed by atoms with Gasteiger partial charge in [0.1, 0.15) is 5.54 Å². The molecule has 3 amide bonds. The maximum absolute atomic E-state index is 13.0. The van der Waals surface area contributed by atoms with Gasteiger partial charge >= 0.3 is 6.03 Å². The van der Waals surface area contributed by atoms with Crippen LogP contribution in [-0.2, 0) is 14.6 Å². The summed E-state index contributed by atoms with van der Waals surface area (Å²) in [5, 5.41) is 2.95. The lowest BCUT2D eigenvalue weighted by molar-refractivity contribution is -0.135. The number of carbonyl (C=O) groups excluding carboxylic acids is 2. The summed E-state index contributed by atoms with van der Waals surface area (Å²) in [6.07, 6.45) is 4.24. The van der Waals surface area contributed by atoms with Crippen LogP contribution in [0, 0.1) is 5.92 Å². The SMILES string of the molecule is CCN(CN1C(=O)NC2(CCCCC2C)C1=O)C1CCS(=O)(=O)C1. The largest absolute Gasteiger partial charge is 0.326 e. The van der Waals surface area contributed by atoms with Gasteiger partial charge in [-0.3, -0.25) is 9.69 Å². The predicted octanol–water partition coefficient (Wildman–Crippen LogP) is 0.954. The van der Waals surface area contributed by atoms with Crippen molar-refractivity contribution >= 4 is 21.8 Å². The van der Waals surface area contributed by atoms with Gasteiger partial charge in [-0.15, -0.1) is 0 Å². The van der Waals surface area contributed by atoms with Crippen LogP contribution in [0.3, 0.4) is 0 Å². The van der Waals surface area contributed by atoms with Crippen LogP contribution in [0.2, 0.25) is 0 Å². The number of hydrogen-bond acceptors (Lipinski definition) is 5. The van der Waals surface area contributed by atoms with Crippen LogP contribution in [-0.4, -0.2) is 66.5 Å². The molecule has 1 N–H and O–H groups in total. The van der Waals surface area contributed by atoms with Crippen molar-refractivity contribution in [2.24, 2.45) is 5.92 Å². The number of nitrogens with zero attached hydrogens (tertiary/aromatic N) is 2. The fraction of sp³-hybridized carbons (Fsp3) is 0.875. The first-order valence-corrected chi connectivity index (χ1v) is 10.7. The second-order valence-corrected chi connectivity index (χ2v) is 9.61. The molecule has 0 aromatic heterocycles. The summed E-state index contributed by atoms with van der Waals surface area (Å²) in [5.74, 6) is 0.301. The smallest absolute Gasteiger partial charge is 0.323 e. The fourth-order valence-corrected chi connectivity index (χ4v) is 6.10. The van der Waals surface area contributed by atoms with Crippen LogP contribution < -0.4 is 5.32 Å². The molecule has 136 valence electrons. The Morgan fingerprint density at radius 2 is 2.04 bits per heavy atom. The van der Waals surface area contributed by atoms with Crippen LogP contribution in [0.15, 0.2) is 0 Å². The maximum atomic E-state index is 13.0. The van der Waals surface area contributed by atoms with E-state index in [4.69, 9.17) is 0 Å². The van der Waals surface area contributed by atoms with Crippen molar-refractivity contribution in [1.29, 1.82) is 0 Å². The molecule has 3 atom stereocenters. The topological polar surface area (TPSA) is 86.8 Å². The number of carbonyl (C=O) groups is 2. The first-order chi connectivity index (χ1) is 11.3. The molecule has 2 aliphatic heterocycles. The summed E-state index contributed by atoms with van der Waals surface area (Å²) >= 11 is 0. The van der Waals surface area contributed by atoms with Gasteiger partial charge in [-0.1, -0.05) is 26.7 Å². The van der Waals surface area contributed by atoms with Gasteiger partial charge in [0.2, 0.25) is 0 Å². The Bertz CT molecular complexity index is 635. The van der Waals surface area contributed by atoms with Gasteiger partial charge in [0.25, 0.3) is 5.91 Å². The zero-order valence-corrected chi connectivity index (χ0v) is 15.3. The molecule has 0 bridgehead atoms. The third-order valence-electron chi connectivity index (χ3n) is 5.96. The van der Waals surface area contributed by atoms with Crippen LogP contribution in [0.4, 0.5) is 4.79 Å². The van der Waals surface area contributed by atoms with Crippen molar-refractivity contribution in [3.05, 3.63) is 0 Å². The second-order valence-electron chi connectivity index (χ2n) is 7.38. The molecule has 7 nitrogen and oxygen atoms in total. The molecule has 0 radical (unpaired) electrons. The fourth-order valence-electron chi connectivity index (χ4n) is 4.34. The molecule has 1 aliphatic carbocycles. The summed E-state index contributed by atoms with van der Waals surface area (Å²) in [7, 11) is -2.99. The number of amides is 3. The number of urea groups is 1. The molecule has 0 aromatic rings. The number of rotatable bonds is 4. The first-order valence-electron chi connectivity index (χ1n) is 8.87. The number of imide groups is 1. The van der Waals surface area contributed by atoms with Gasteiger partial charge in [-0.25, -0.2) is 18.1 Å². The van der Waals surface area contributed by atoms with Crippen molar-refractivity contribution in [2.45, 2.75) is 57.5 Å². The zero-order valence-electron chi connectivity index (χ0n) is 14.5. The van der Waals surface area contributed by atoms with Crippen molar-refractivity contribution in [2.75, 3.05) is 24.7 Å². The summed E-state index contributed by atoms with van der Waals surface area (Å²) in [6, 6.07) is -0.450. The Morgan fingerprint density at radius 1 is 1.29 bits per heavy atom. The third-order valence-corrected chi connectivity index (χ3v) is 7.71. The molecule has 0 aromatic carbocycles. The average Bonchev–Trinajstić information content (AvgIpc) is 3.00. The van der Waals surface area contributed by atoms with E-state index in [0.717, 1.165) is 19.3 Å². The number of sulfone groups is 1. The lowest BCUT2D eigenvalue weighted by Gasteiger charge is -2.37. The molecule has 3 fully saturated rings. The third kappa shape index (κ3) is 2.94. The van der Waals surface area contributed by atoms with E-state index >= 15 is 0 Å². The van der Waals surface area contributed by atoms with Crippen molar-refractivity contribution in [1.82, 2.24) is 15.1 Å². The van der Waals surface area contributed by atoms with Crippen molar-refractivity contribution in [3.8, 4) is 0 Å². The van der Waals surface area contributed by atoms with Crippen LogP contribution in [0.5, 0.6) is 0 Å². The predicted molar refractivity (Wildman–Crippen MR) is 90.0 cm³/mol. The maximum Gasteiger partial charge on any atom is 0.326 e. The Balaban J connectivity index is 1.74. The lowest BCUT2D eigenvalue weighted by Crippen LogP contribution is -2.54. The van der Waals surface area contributed by atoms with E-state index in [1.165, 1.54) is 4.90 Å². The Morgan fingerprint density at radius 3 is 2.62 bits per heavy atom. The molecule has 3 aliphatic rings. The molecule has 3 rings (SSSR count). The monoisotopic (exact) mass is 357 g/mol. The van der Waals surface area contributed by atoms with E-state index in [-0.39, 0.29) is 42.1 Å². The molecule has 24 heavy (non-hydrogen) atoms. The summed E-state index contributed by atoms with van der Waals surface area (Å²) < 4.78 is 23.5. The molecule has 8 heteroatoms. The Labute approximate surface area is 143 Å². The van der Waals surface area contributed by atoms with Gasteiger partial charge in [0, 0.05) is 6.04 Å². The molecule has 3 unspecified atom stereocenters. The standard InChI is InChI=1S/C16H27N3O4S/c1-3-18(13-7-9-24(22,23)10-13)11-19-14(20)16(17-15(19)21)8-5-4-6-12(16)2/h12-13H,3-11H2,1-2H3,(H,17,21). The van der Waals surface area contributed by atoms with Gasteiger partial charge in [0.15, 0.2) is 9.84 Å². The summed E-state index contributed by atoms with van der Waals surface area (Å²) in [5.41, 5.74) is -0.753. The molecule has 1 saturated carbocycles. The average molecular weight is 357 g/mol. The van der Waals surface area contributed by atoms with Gasteiger partial charge in [0.05, 0.1) is 18.2 Å². The number of nitrogens with one attached hydrogen (secondary N) is 1. The molecule has 1 spiro atoms. The van der Waals surface area contributed by atoms with Crippen LogP contribution in [0.1, 0.15) is 46.0 Å². The van der Waals surface area contributed by atoms with Gasteiger partial charge in [-0.05, 0) is 31.7 Å². The Kier molecular flexibility index (Phi) is 4.63. The minimum atomic E-state index is -2.99. The van der Waals surface area contributed by atoms with Gasteiger partial charge < -0.3 is 5.32 Å². The van der Waals surface area contributed by atoms with E-state index in [1.807, 2.05) is 18.7 Å². The molecular weight excluding hydrogens is 330 g/mol. The van der Waals surface area contributed by atoms with Crippen LogP contribution in [0.25, 0.3) is 0 Å². The van der Waals surface area contributed by atoms with E-state index in [2.05, 4.69) is 5.32 Å². The van der Waals surface area contributed by atoms with E-state index in [9.17, 15) is 18.0 Å². The lowest BCUT2D eigenvalue weighted by atomic mass is 9.73. The van der Waals surface area contributed by atoms with Gasteiger partial charge in [-0.2, -0.15) is 0 Å². The van der Waals surface area contributed by atoms with E-state index < -0.39 is 15.4 Å². The second kappa shape index (κ2) is 6.29. The summed E-state index contributed by atoms with van der Waals surface area (Å²) in [6.45, 7) is 4.75. The summed E-state index contributed by atoms with van der Waals surface area (Å²) in [4.78, 5) is 28.7. The molecule has 2 heterocycles. The molecular formula is C16H27N3O4S. The van der Waals surface area contributed by atoms with E-state index in [0.29, 0.717) is 19.4 Å².